The van der Waals surface area contributed by atoms with Crippen LogP contribution < -0.4 is 5.73 Å². The van der Waals surface area contributed by atoms with Gasteiger partial charge in [-0.15, -0.1) is 0 Å². The lowest BCUT2D eigenvalue weighted by Gasteiger charge is -2.43. The van der Waals surface area contributed by atoms with Gasteiger partial charge in [0.1, 0.15) is 0 Å². The third-order valence-corrected chi connectivity index (χ3v) is 4.30. The Hall–Kier alpha value is -1.49. The van der Waals surface area contributed by atoms with Gasteiger partial charge >= 0.3 is 0 Å². The molecule has 4 nitrogen and oxygen atoms in total. The molecule has 1 saturated heterocycles. The fraction of sp³-hybridized carbons (Fsp3) is 0.471. The lowest BCUT2D eigenvalue weighted by Crippen LogP contribution is -2.50. The molecule has 2 N–H and O–H groups in total. The Bertz CT molecular complexity index is 609. The topological polar surface area (TPSA) is 51.4 Å². The van der Waals surface area contributed by atoms with Crippen LogP contribution in [0, 0.1) is 0 Å². The van der Waals surface area contributed by atoms with E-state index in [9.17, 15) is 0 Å². The van der Waals surface area contributed by atoms with Crippen molar-refractivity contribution < 1.29 is 4.74 Å². The van der Waals surface area contributed by atoms with Gasteiger partial charge < -0.3 is 10.5 Å². The monoisotopic (exact) mass is 285 g/mol. The summed E-state index contributed by atoms with van der Waals surface area (Å²) < 4.78 is 5.93. The first kappa shape index (κ1) is 14.4. The summed E-state index contributed by atoms with van der Waals surface area (Å²) in [4.78, 5) is 6.90. The summed E-state index contributed by atoms with van der Waals surface area (Å²) in [5, 5.41) is 2.41. The molecular formula is C17H23N3O. The van der Waals surface area contributed by atoms with E-state index >= 15 is 0 Å². The van der Waals surface area contributed by atoms with Crippen molar-refractivity contribution in [3.05, 3.63) is 42.2 Å². The molecule has 3 rings (SSSR count). The Balaban J connectivity index is 2.12. The predicted molar refractivity (Wildman–Crippen MR) is 85.1 cm³/mol. The molecule has 2 unspecified atom stereocenters. The second-order valence-corrected chi connectivity index (χ2v) is 5.87. The molecule has 1 aromatic carbocycles. The van der Waals surface area contributed by atoms with Gasteiger partial charge in [-0.05, 0) is 24.8 Å². The molecule has 2 heterocycles. The third-order valence-electron chi connectivity index (χ3n) is 4.30. The number of hydrogen-bond donors (Lipinski definition) is 1. The van der Waals surface area contributed by atoms with E-state index in [4.69, 9.17) is 10.5 Å². The van der Waals surface area contributed by atoms with E-state index in [-0.39, 0.29) is 12.1 Å². The Labute approximate surface area is 125 Å². The van der Waals surface area contributed by atoms with Crippen molar-refractivity contribution in [2.24, 2.45) is 5.73 Å². The zero-order valence-electron chi connectivity index (χ0n) is 12.7. The molecule has 0 amide bonds. The smallest absolute Gasteiger partial charge is 0.0895 e. The molecule has 4 heteroatoms. The lowest BCUT2D eigenvalue weighted by molar-refractivity contribution is -0.0785. The van der Waals surface area contributed by atoms with Gasteiger partial charge in [0.2, 0.25) is 0 Å². The van der Waals surface area contributed by atoms with Crippen LogP contribution in [0.1, 0.15) is 25.5 Å². The molecule has 2 aromatic rings. The van der Waals surface area contributed by atoms with E-state index in [1.165, 1.54) is 16.3 Å². The maximum absolute atomic E-state index is 5.97. The van der Waals surface area contributed by atoms with Gasteiger partial charge in [-0.25, -0.2) is 0 Å². The minimum atomic E-state index is 0.0220. The normalized spacial score (nSPS) is 23.8. The number of morpholine rings is 1. The van der Waals surface area contributed by atoms with Gasteiger partial charge in [-0.1, -0.05) is 24.3 Å². The molecular weight excluding hydrogens is 262 g/mol. The van der Waals surface area contributed by atoms with Gasteiger partial charge in [-0.3, -0.25) is 9.88 Å². The van der Waals surface area contributed by atoms with E-state index in [1.54, 1.807) is 0 Å². The molecule has 2 atom stereocenters. The largest absolute Gasteiger partial charge is 0.374 e. The van der Waals surface area contributed by atoms with E-state index in [0.717, 1.165) is 13.2 Å². The van der Waals surface area contributed by atoms with Crippen molar-refractivity contribution in [1.29, 1.82) is 0 Å². The summed E-state index contributed by atoms with van der Waals surface area (Å²) in [6, 6.07) is 9.01. The van der Waals surface area contributed by atoms with E-state index < -0.39 is 0 Å². The van der Waals surface area contributed by atoms with Crippen LogP contribution in [0.15, 0.2) is 36.7 Å². The van der Waals surface area contributed by atoms with Gasteiger partial charge in [-0.2, -0.15) is 0 Å². The van der Waals surface area contributed by atoms with Gasteiger partial charge in [0, 0.05) is 36.9 Å². The summed E-state index contributed by atoms with van der Waals surface area (Å²) in [5.41, 5.74) is 7.18. The number of pyridine rings is 1. The van der Waals surface area contributed by atoms with Crippen LogP contribution in [0.5, 0.6) is 0 Å². The minimum Gasteiger partial charge on any atom is -0.374 e. The highest BCUT2D eigenvalue weighted by atomic mass is 16.5. The van der Waals surface area contributed by atoms with Crippen molar-refractivity contribution in [2.45, 2.75) is 32.0 Å². The van der Waals surface area contributed by atoms with Crippen molar-refractivity contribution in [1.82, 2.24) is 9.88 Å². The number of rotatable bonds is 3. The molecule has 0 spiro atoms. The first-order valence-corrected chi connectivity index (χ1v) is 7.62. The summed E-state index contributed by atoms with van der Waals surface area (Å²) in [6.45, 7) is 6.66. The Morgan fingerprint density at radius 2 is 2.14 bits per heavy atom. The number of hydrogen-bond acceptors (Lipinski definition) is 4. The van der Waals surface area contributed by atoms with Crippen molar-refractivity contribution in [2.75, 3.05) is 19.7 Å². The molecule has 1 fully saturated rings. The molecule has 1 aromatic heterocycles. The quantitative estimate of drug-likeness (QED) is 0.940. The van der Waals surface area contributed by atoms with Crippen LogP contribution in [0.3, 0.4) is 0 Å². The highest BCUT2D eigenvalue weighted by Crippen LogP contribution is 2.34. The highest BCUT2D eigenvalue weighted by molar-refractivity contribution is 5.85. The molecule has 0 bridgehead atoms. The molecule has 0 aliphatic carbocycles. The summed E-state index contributed by atoms with van der Waals surface area (Å²) in [6.07, 6.45) is 3.91. The van der Waals surface area contributed by atoms with Gasteiger partial charge in [0.15, 0.2) is 0 Å². The summed E-state index contributed by atoms with van der Waals surface area (Å²) >= 11 is 0. The van der Waals surface area contributed by atoms with Crippen LogP contribution >= 0.6 is 0 Å². The van der Waals surface area contributed by atoms with E-state index in [1.807, 2.05) is 18.5 Å². The zero-order valence-corrected chi connectivity index (χ0v) is 12.7. The number of fused-ring (bicyclic) bond motifs is 1. The molecule has 112 valence electrons. The average molecular weight is 285 g/mol. The molecule has 0 saturated carbocycles. The van der Waals surface area contributed by atoms with Crippen molar-refractivity contribution in [3.8, 4) is 0 Å². The number of ether oxygens (including phenoxy) is 1. The first-order valence-electron chi connectivity index (χ1n) is 7.62. The molecule has 21 heavy (non-hydrogen) atoms. The Morgan fingerprint density at radius 1 is 1.33 bits per heavy atom. The number of nitrogens with zero attached hydrogens (tertiary/aromatic N) is 2. The number of benzene rings is 1. The van der Waals surface area contributed by atoms with Gasteiger partial charge in [0.25, 0.3) is 0 Å². The maximum Gasteiger partial charge on any atom is 0.0895 e. The second-order valence-electron chi connectivity index (χ2n) is 5.87. The minimum absolute atomic E-state index is 0.0220. The van der Waals surface area contributed by atoms with Crippen molar-refractivity contribution >= 4 is 10.8 Å². The Kier molecular flexibility index (Phi) is 4.19. The first-order chi connectivity index (χ1) is 10.2. The van der Waals surface area contributed by atoms with Crippen LogP contribution in [0.2, 0.25) is 0 Å². The standard InChI is InChI=1S/C17H23N3O/c1-12(2)20-7-8-21-16(9-18)17(20)15-11-19-10-13-5-3-4-6-14(13)15/h3-6,10-12,16-17H,7-9,18H2,1-2H3. The van der Waals surface area contributed by atoms with Crippen LogP contribution in [-0.2, 0) is 4.74 Å². The number of aromatic nitrogens is 1. The summed E-state index contributed by atoms with van der Waals surface area (Å²) in [7, 11) is 0. The Morgan fingerprint density at radius 3 is 2.90 bits per heavy atom. The average Bonchev–Trinajstić information content (AvgIpc) is 2.53. The number of nitrogens with two attached hydrogens (primary N) is 1. The van der Waals surface area contributed by atoms with Crippen LogP contribution in [0.25, 0.3) is 10.8 Å². The SMILES string of the molecule is CC(C)N1CCOC(CN)C1c1cncc2ccccc12. The zero-order chi connectivity index (χ0) is 14.8. The third kappa shape index (κ3) is 2.67. The molecule has 0 radical (unpaired) electrons. The van der Waals surface area contributed by atoms with Crippen molar-refractivity contribution in [3.63, 3.8) is 0 Å². The second kappa shape index (κ2) is 6.10. The fourth-order valence-corrected chi connectivity index (χ4v) is 3.28. The summed E-state index contributed by atoms with van der Waals surface area (Å²) in [5.74, 6) is 0. The highest BCUT2D eigenvalue weighted by Gasteiger charge is 2.35. The molecule has 1 aliphatic rings. The predicted octanol–water partition coefficient (Wildman–Crippen LogP) is 2.34. The lowest BCUT2D eigenvalue weighted by atomic mass is 9.94. The maximum atomic E-state index is 5.97. The fourth-order valence-electron chi connectivity index (χ4n) is 3.28. The van der Waals surface area contributed by atoms with E-state index in [2.05, 4.69) is 41.9 Å². The van der Waals surface area contributed by atoms with Crippen LogP contribution in [0.4, 0.5) is 0 Å². The molecule has 1 aliphatic heterocycles. The van der Waals surface area contributed by atoms with Crippen LogP contribution in [-0.4, -0.2) is 41.7 Å². The van der Waals surface area contributed by atoms with Gasteiger partial charge in [0.05, 0.1) is 18.8 Å². The van der Waals surface area contributed by atoms with E-state index in [0.29, 0.717) is 12.6 Å².